The lowest BCUT2D eigenvalue weighted by Gasteiger charge is -2.20. The van der Waals surface area contributed by atoms with Gasteiger partial charge in [-0.15, -0.1) is 11.3 Å². The largest absolute Gasteiger partial charge is 0.379 e. The normalized spacial score (nSPS) is 22.8. The second-order valence-corrected chi connectivity index (χ2v) is 5.64. The van der Waals surface area contributed by atoms with Crippen molar-refractivity contribution in [2.45, 2.75) is 31.4 Å². The van der Waals surface area contributed by atoms with Crippen molar-refractivity contribution in [3.05, 3.63) is 11.4 Å². The van der Waals surface area contributed by atoms with Gasteiger partial charge in [0.05, 0.1) is 17.5 Å². The number of nitrogens with one attached hydrogen (secondary N) is 2. The SMILES string of the molecule is CNc1nc(NC2CCCC2OC)c2ccsc2n1. The van der Waals surface area contributed by atoms with Gasteiger partial charge in [0.15, 0.2) is 0 Å². The quantitative estimate of drug-likeness (QED) is 0.900. The third-order valence-electron chi connectivity index (χ3n) is 3.63. The van der Waals surface area contributed by atoms with Crippen LogP contribution in [-0.2, 0) is 4.74 Å². The predicted octanol–water partition coefficient (Wildman–Crippen LogP) is 2.71. The lowest BCUT2D eigenvalue weighted by Crippen LogP contribution is -2.30. The van der Waals surface area contributed by atoms with E-state index in [4.69, 9.17) is 4.74 Å². The second kappa shape index (κ2) is 5.30. The molecule has 0 saturated heterocycles. The molecule has 2 aromatic rings. The van der Waals surface area contributed by atoms with Crippen molar-refractivity contribution in [1.29, 1.82) is 0 Å². The Labute approximate surface area is 116 Å². The molecule has 2 atom stereocenters. The summed E-state index contributed by atoms with van der Waals surface area (Å²) in [6.07, 6.45) is 3.72. The average molecular weight is 278 g/mol. The van der Waals surface area contributed by atoms with Crippen molar-refractivity contribution < 1.29 is 4.74 Å². The van der Waals surface area contributed by atoms with Gasteiger partial charge in [-0.05, 0) is 30.7 Å². The first kappa shape index (κ1) is 12.6. The van der Waals surface area contributed by atoms with Gasteiger partial charge < -0.3 is 15.4 Å². The van der Waals surface area contributed by atoms with Gasteiger partial charge in [0.2, 0.25) is 5.95 Å². The third-order valence-corrected chi connectivity index (χ3v) is 4.43. The lowest BCUT2D eigenvalue weighted by molar-refractivity contribution is 0.101. The minimum atomic E-state index is 0.279. The second-order valence-electron chi connectivity index (χ2n) is 4.74. The van der Waals surface area contributed by atoms with Crippen molar-refractivity contribution in [1.82, 2.24) is 9.97 Å². The molecule has 2 aromatic heterocycles. The van der Waals surface area contributed by atoms with Gasteiger partial charge in [-0.25, -0.2) is 4.98 Å². The van der Waals surface area contributed by atoms with E-state index >= 15 is 0 Å². The Hall–Kier alpha value is -1.40. The van der Waals surface area contributed by atoms with Crippen molar-refractivity contribution in [2.24, 2.45) is 0 Å². The fourth-order valence-corrected chi connectivity index (χ4v) is 3.39. The Kier molecular flexibility index (Phi) is 3.52. The minimum Gasteiger partial charge on any atom is -0.379 e. The molecule has 0 spiro atoms. The Morgan fingerprint density at radius 1 is 1.37 bits per heavy atom. The van der Waals surface area contributed by atoms with E-state index < -0.39 is 0 Å². The van der Waals surface area contributed by atoms with Crippen molar-refractivity contribution in [3.63, 3.8) is 0 Å². The summed E-state index contributed by atoms with van der Waals surface area (Å²) in [6, 6.07) is 2.41. The molecule has 2 N–H and O–H groups in total. The van der Waals surface area contributed by atoms with Gasteiger partial charge in [0.25, 0.3) is 0 Å². The number of ether oxygens (including phenoxy) is 1. The number of aromatic nitrogens is 2. The highest BCUT2D eigenvalue weighted by Gasteiger charge is 2.27. The highest BCUT2D eigenvalue weighted by molar-refractivity contribution is 7.16. The maximum Gasteiger partial charge on any atom is 0.225 e. The molecule has 0 amide bonds. The molecule has 1 fully saturated rings. The number of methoxy groups -OCH3 is 1. The van der Waals surface area contributed by atoms with Crippen molar-refractivity contribution >= 4 is 33.3 Å². The van der Waals surface area contributed by atoms with Crippen LogP contribution in [0.15, 0.2) is 11.4 Å². The smallest absolute Gasteiger partial charge is 0.225 e. The molecule has 3 rings (SSSR count). The van der Waals surface area contributed by atoms with Crippen LogP contribution < -0.4 is 10.6 Å². The van der Waals surface area contributed by atoms with E-state index in [2.05, 4.69) is 26.7 Å². The van der Waals surface area contributed by atoms with Gasteiger partial charge >= 0.3 is 0 Å². The molecule has 19 heavy (non-hydrogen) atoms. The van der Waals surface area contributed by atoms with Crippen molar-refractivity contribution in [2.75, 3.05) is 24.8 Å². The summed E-state index contributed by atoms with van der Waals surface area (Å²) in [7, 11) is 3.62. The number of nitrogens with zero attached hydrogens (tertiary/aromatic N) is 2. The lowest BCUT2D eigenvalue weighted by atomic mass is 10.2. The van der Waals surface area contributed by atoms with E-state index in [1.165, 1.54) is 6.42 Å². The summed E-state index contributed by atoms with van der Waals surface area (Å²) in [6.45, 7) is 0. The van der Waals surface area contributed by atoms with Gasteiger partial charge in [-0.3, -0.25) is 0 Å². The molecule has 5 nitrogen and oxygen atoms in total. The van der Waals surface area contributed by atoms with E-state index in [-0.39, 0.29) is 6.10 Å². The van der Waals surface area contributed by atoms with Crippen LogP contribution in [0.4, 0.5) is 11.8 Å². The van der Waals surface area contributed by atoms with Gasteiger partial charge in [-0.2, -0.15) is 4.98 Å². The summed E-state index contributed by atoms with van der Waals surface area (Å²) >= 11 is 1.63. The van der Waals surface area contributed by atoms with Crippen LogP contribution in [0.2, 0.25) is 0 Å². The number of rotatable bonds is 4. The maximum absolute atomic E-state index is 5.53. The zero-order chi connectivity index (χ0) is 13.2. The summed E-state index contributed by atoms with van der Waals surface area (Å²) in [5.74, 6) is 1.56. The topological polar surface area (TPSA) is 59.1 Å². The Balaban J connectivity index is 1.92. The molecule has 1 aliphatic carbocycles. The predicted molar refractivity (Wildman–Crippen MR) is 79.0 cm³/mol. The molecular weight excluding hydrogens is 260 g/mol. The molecule has 0 aliphatic heterocycles. The van der Waals surface area contributed by atoms with E-state index in [9.17, 15) is 0 Å². The standard InChI is InChI=1S/C13H18N4OS/c1-14-13-16-11(8-6-7-19-12(8)17-13)15-9-4-3-5-10(9)18-2/h6-7,9-10H,3-5H2,1-2H3,(H2,14,15,16,17). The molecule has 1 aliphatic rings. The van der Waals surface area contributed by atoms with Crippen LogP contribution in [0.5, 0.6) is 0 Å². The molecule has 1 saturated carbocycles. The zero-order valence-corrected chi connectivity index (χ0v) is 12.0. The van der Waals surface area contributed by atoms with Crippen molar-refractivity contribution in [3.8, 4) is 0 Å². The average Bonchev–Trinajstić information content (AvgIpc) is 3.06. The van der Waals surface area contributed by atoms with E-state index in [0.29, 0.717) is 12.0 Å². The first-order valence-electron chi connectivity index (χ1n) is 6.54. The first-order valence-corrected chi connectivity index (χ1v) is 7.42. The number of hydrogen-bond acceptors (Lipinski definition) is 6. The summed E-state index contributed by atoms with van der Waals surface area (Å²) in [4.78, 5) is 10.0. The highest BCUT2D eigenvalue weighted by Crippen LogP contribution is 2.30. The fraction of sp³-hybridized carbons (Fsp3) is 0.538. The Bertz CT molecular complexity index is 571. The molecular formula is C13H18N4OS. The van der Waals surface area contributed by atoms with Crippen LogP contribution in [0.3, 0.4) is 0 Å². The van der Waals surface area contributed by atoms with Gasteiger partial charge in [0.1, 0.15) is 10.6 Å². The molecule has 102 valence electrons. The molecule has 0 aromatic carbocycles. The third kappa shape index (κ3) is 2.37. The fourth-order valence-electron chi connectivity index (χ4n) is 2.63. The minimum absolute atomic E-state index is 0.279. The number of anilines is 2. The van der Waals surface area contributed by atoms with Crippen LogP contribution >= 0.6 is 11.3 Å². The molecule has 0 radical (unpaired) electrons. The van der Waals surface area contributed by atoms with Gasteiger partial charge in [0, 0.05) is 14.2 Å². The highest BCUT2D eigenvalue weighted by atomic mass is 32.1. The Morgan fingerprint density at radius 2 is 2.26 bits per heavy atom. The monoisotopic (exact) mass is 278 g/mol. The number of hydrogen-bond donors (Lipinski definition) is 2. The van der Waals surface area contributed by atoms with Crippen LogP contribution in [0.25, 0.3) is 10.2 Å². The summed E-state index contributed by atoms with van der Waals surface area (Å²) in [5, 5.41) is 9.69. The Morgan fingerprint density at radius 3 is 3.05 bits per heavy atom. The zero-order valence-electron chi connectivity index (χ0n) is 11.1. The first-order chi connectivity index (χ1) is 9.31. The number of fused-ring (bicyclic) bond motifs is 1. The van der Waals surface area contributed by atoms with E-state index in [1.54, 1.807) is 18.4 Å². The molecule has 6 heteroatoms. The number of thiophene rings is 1. The molecule has 2 heterocycles. The summed E-state index contributed by atoms with van der Waals surface area (Å²) in [5.41, 5.74) is 0. The molecule has 0 bridgehead atoms. The molecule has 2 unspecified atom stereocenters. The van der Waals surface area contributed by atoms with E-state index in [1.807, 2.05) is 12.4 Å². The van der Waals surface area contributed by atoms with Crippen LogP contribution in [0, 0.1) is 0 Å². The summed E-state index contributed by atoms with van der Waals surface area (Å²) < 4.78 is 5.53. The van der Waals surface area contributed by atoms with Crippen LogP contribution in [-0.4, -0.2) is 36.3 Å². The van der Waals surface area contributed by atoms with E-state index in [0.717, 1.165) is 28.9 Å². The van der Waals surface area contributed by atoms with Crippen LogP contribution in [0.1, 0.15) is 19.3 Å². The maximum atomic E-state index is 5.53. The van der Waals surface area contributed by atoms with Gasteiger partial charge in [-0.1, -0.05) is 0 Å².